The predicted octanol–water partition coefficient (Wildman–Crippen LogP) is 4.72. The number of aromatic nitrogens is 1. The number of rotatable bonds is 8. The minimum absolute atomic E-state index is 0.0978. The van der Waals surface area contributed by atoms with Crippen LogP contribution >= 0.6 is 11.8 Å². The SMILES string of the molecule is COc1cccc(C2C(C(=O)OC(C)(C)C)=C(C)N=C3SC=C(CC(=O)NCc4ccncc4)N32)c1OC. The third kappa shape index (κ3) is 5.85. The molecule has 0 radical (unpaired) electrons. The third-order valence-electron chi connectivity index (χ3n) is 5.93. The molecule has 4 rings (SSSR count). The Morgan fingerprint density at radius 2 is 1.84 bits per heavy atom. The van der Waals surface area contributed by atoms with Crippen molar-refractivity contribution in [3.8, 4) is 11.5 Å². The molecule has 2 aromatic rings. The Bertz CT molecular complexity index is 1310. The lowest BCUT2D eigenvalue weighted by molar-refractivity contribution is -0.150. The second kappa shape index (κ2) is 11.3. The largest absolute Gasteiger partial charge is 0.493 e. The summed E-state index contributed by atoms with van der Waals surface area (Å²) in [5.41, 5.74) is 2.58. The Morgan fingerprint density at radius 1 is 1.11 bits per heavy atom. The van der Waals surface area contributed by atoms with Crippen LogP contribution < -0.4 is 14.8 Å². The van der Waals surface area contributed by atoms with Crippen molar-refractivity contribution in [2.75, 3.05) is 14.2 Å². The average molecular weight is 537 g/mol. The van der Waals surface area contributed by atoms with E-state index in [0.29, 0.717) is 45.7 Å². The Morgan fingerprint density at radius 3 is 2.50 bits per heavy atom. The number of benzene rings is 1. The standard InChI is InChI=1S/C28H32N4O5S/c1-17-23(26(34)37-28(2,3)4)24(20-8-7-9-21(35-5)25(20)36-6)32-19(16-38-27(32)31-17)14-22(33)30-15-18-10-12-29-13-11-18/h7-13,16,24H,14-15H2,1-6H3,(H,30,33). The zero-order valence-corrected chi connectivity index (χ0v) is 23.2. The van der Waals surface area contributed by atoms with E-state index in [1.165, 1.54) is 11.8 Å². The molecule has 1 N–H and O–H groups in total. The normalized spacial score (nSPS) is 16.9. The smallest absolute Gasteiger partial charge is 0.338 e. The minimum atomic E-state index is -0.706. The number of amides is 1. The maximum atomic E-state index is 13.6. The molecule has 1 amide bonds. The van der Waals surface area contributed by atoms with Gasteiger partial charge in [0.15, 0.2) is 16.7 Å². The van der Waals surface area contributed by atoms with Crippen molar-refractivity contribution in [2.45, 2.75) is 52.3 Å². The molecule has 0 fully saturated rings. The summed E-state index contributed by atoms with van der Waals surface area (Å²) < 4.78 is 17.1. The lowest BCUT2D eigenvalue weighted by atomic mass is 9.92. The summed E-state index contributed by atoms with van der Waals surface area (Å²) in [4.78, 5) is 37.2. The van der Waals surface area contributed by atoms with Crippen LogP contribution in [0.5, 0.6) is 11.5 Å². The number of fused-ring (bicyclic) bond motifs is 1. The summed E-state index contributed by atoms with van der Waals surface area (Å²) >= 11 is 1.41. The number of ether oxygens (including phenoxy) is 3. The number of nitrogens with zero attached hydrogens (tertiary/aromatic N) is 3. The van der Waals surface area contributed by atoms with Crippen molar-refractivity contribution in [3.63, 3.8) is 0 Å². The first kappa shape index (κ1) is 27.3. The minimum Gasteiger partial charge on any atom is -0.493 e. The van der Waals surface area contributed by atoms with Crippen molar-refractivity contribution in [1.82, 2.24) is 15.2 Å². The number of allylic oxidation sites excluding steroid dienone is 1. The van der Waals surface area contributed by atoms with Gasteiger partial charge in [-0.25, -0.2) is 9.79 Å². The molecule has 0 bridgehead atoms. The van der Waals surface area contributed by atoms with Gasteiger partial charge in [-0.3, -0.25) is 9.78 Å². The molecule has 0 saturated heterocycles. The van der Waals surface area contributed by atoms with Crippen LogP contribution in [-0.2, 0) is 20.9 Å². The summed E-state index contributed by atoms with van der Waals surface area (Å²) in [5.74, 6) is 0.388. The van der Waals surface area contributed by atoms with Crippen LogP contribution in [-0.4, -0.2) is 46.7 Å². The van der Waals surface area contributed by atoms with Crippen LogP contribution in [0.2, 0.25) is 0 Å². The Kier molecular flexibility index (Phi) is 8.11. The first-order chi connectivity index (χ1) is 18.1. The number of hydrogen-bond acceptors (Lipinski definition) is 9. The Labute approximate surface area is 227 Å². The second-order valence-corrected chi connectivity index (χ2v) is 10.6. The van der Waals surface area contributed by atoms with Crippen LogP contribution in [0.3, 0.4) is 0 Å². The zero-order valence-electron chi connectivity index (χ0n) is 22.4. The van der Waals surface area contributed by atoms with Gasteiger partial charge in [0.2, 0.25) is 5.91 Å². The van der Waals surface area contributed by atoms with Gasteiger partial charge in [0.05, 0.1) is 38.0 Å². The number of pyridine rings is 1. The molecule has 1 aromatic carbocycles. The zero-order chi connectivity index (χ0) is 27.4. The first-order valence-electron chi connectivity index (χ1n) is 12.2. The number of hydrogen-bond donors (Lipinski definition) is 1. The predicted molar refractivity (Wildman–Crippen MR) is 146 cm³/mol. The molecule has 3 heterocycles. The van der Waals surface area contributed by atoms with Crippen LogP contribution in [0.1, 0.15) is 51.3 Å². The highest BCUT2D eigenvalue weighted by Gasteiger charge is 2.43. The highest BCUT2D eigenvalue weighted by atomic mass is 32.2. The van der Waals surface area contributed by atoms with E-state index >= 15 is 0 Å². The molecular weight excluding hydrogens is 504 g/mol. The maximum absolute atomic E-state index is 13.6. The number of carbonyl (C=O) groups is 2. The number of methoxy groups -OCH3 is 2. The Balaban J connectivity index is 1.71. The Hall–Kier alpha value is -3.79. The van der Waals surface area contributed by atoms with Crippen LogP contribution in [0.15, 0.2) is 70.1 Å². The van der Waals surface area contributed by atoms with Gasteiger partial charge >= 0.3 is 5.97 Å². The maximum Gasteiger partial charge on any atom is 0.338 e. The molecule has 200 valence electrons. The quantitative estimate of drug-likeness (QED) is 0.484. The summed E-state index contributed by atoms with van der Waals surface area (Å²) in [6.07, 6.45) is 3.47. The second-order valence-electron chi connectivity index (χ2n) is 9.79. The first-order valence-corrected chi connectivity index (χ1v) is 13.0. The van der Waals surface area contributed by atoms with Crippen molar-refractivity contribution >= 4 is 28.8 Å². The fraction of sp³-hybridized carbons (Fsp3) is 0.357. The molecule has 1 unspecified atom stereocenters. The van der Waals surface area contributed by atoms with E-state index in [4.69, 9.17) is 19.2 Å². The number of para-hydroxylation sites is 1. The number of thioether (sulfide) groups is 1. The number of amidine groups is 1. The van der Waals surface area contributed by atoms with Crippen molar-refractivity contribution < 1.29 is 23.8 Å². The molecule has 10 heteroatoms. The van der Waals surface area contributed by atoms with E-state index in [1.54, 1.807) is 39.6 Å². The molecule has 2 aliphatic heterocycles. The summed E-state index contributed by atoms with van der Waals surface area (Å²) in [5, 5.41) is 5.53. The van der Waals surface area contributed by atoms with E-state index in [2.05, 4.69) is 10.3 Å². The van der Waals surface area contributed by atoms with E-state index < -0.39 is 17.6 Å². The van der Waals surface area contributed by atoms with E-state index in [1.807, 2.05) is 55.3 Å². The van der Waals surface area contributed by atoms with Crippen LogP contribution in [0.25, 0.3) is 0 Å². The molecule has 1 aromatic heterocycles. The van der Waals surface area contributed by atoms with Gasteiger partial charge < -0.3 is 24.4 Å². The number of esters is 1. The van der Waals surface area contributed by atoms with E-state index in [0.717, 1.165) is 5.56 Å². The highest BCUT2D eigenvalue weighted by Crippen LogP contribution is 2.48. The monoisotopic (exact) mass is 536 g/mol. The molecule has 1 atom stereocenters. The van der Waals surface area contributed by atoms with Crippen molar-refractivity contribution in [3.05, 3.63) is 76.2 Å². The van der Waals surface area contributed by atoms with Crippen LogP contribution in [0.4, 0.5) is 0 Å². The van der Waals surface area contributed by atoms with Gasteiger partial charge in [-0.1, -0.05) is 23.9 Å². The molecule has 0 spiro atoms. The molecule has 0 aliphatic carbocycles. The van der Waals surface area contributed by atoms with Crippen molar-refractivity contribution in [1.29, 1.82) is 0 Å². The van der Waals surface area contributed by atoms with Crippen LogP contribution in [0, 0.1) is 0 Å². The molecular formula is C28H32N4O5S. The molecule has 38 heavy (non-hydrogen) atoms. The molecule has 2 aliphatic rings. The van der Waals surface area contributed by atoms with Gasteiger partial charge in [0.25, 0.3) is 0 Å². The summed E-state index contributed by atoms with van der Waals surface area (Å²) in [6.45, 7) is 7.65. The topological polar surface area (TPSA) is 102 Å². The molecule has 0 saturated carbocycles. The summed E-state index contributed by atoms with van der Waals surface area (Å²) in [7, 11) is 3.13. The number of aliphatic imine (C=N–C) groups is 1. The number of carbonyl (C=O) groups excluding carboxylic acids is 2. The molecule has 9 nitrogen and oxygen atoms in total. The van der Waals surface area contributed by atoms with Crippen molar-refractivity contribution in [2.24, 2.45) is 4.99 Å². The van der Waals surface area contributed by atoms with E-state index in [-0.39, 0.29) is 12.3 Å². The highest BCUT2D eigenvalue weighted by molar-refractivity contribution is 8.16. The lowest BCUT2D eigenvalue weighted by Crippen LogP contribution is -2.39. The van der Waals surface area contributed by atoms with Gasteiger partial charge in [-0.05, 0) is 56.9 Å². The van der Waals surface area contributed by atoms with Gasteiger partial charge in [-0.2, -0.15) is 0 Å². The number of nitrogens with one attached hydrogen (secondary N) is 1. The van der Waals surface area contributed by atoms with Gasteiger partial charge in [-0.15, -0.1) is 0 Å². The fourth-order valence-corrected chi connectivity index (χ4v) is 5.28. The van der Waals surface area contributed by atoms with E-state index in [9.17, 15) is 9.59 Å². The summed E-state index contributed by atoms with van der Waals surface area (Å²) in [6, 6.07) is 8.59. The third-order valence-corrected chi connectivity index (χ3v) is 6.82. The lowest BCUT2D eigenvalue weighted by Gasteiger charge is -2.37. The average Bonchev–Trinajstić information content (AvgIpc) is 3.27. The fourth-order valence-electron chi connectivity index (χ4n) is 4.31. The van der Waals surface area contributed by atoms with Gasteiger partial charge in [0, 0.05) is 30.2 Å². The van der Waals surface area contributed by atoms with Gasteiger partial charge in [0.1, 0.15) is 5.60 Å².